The molecule has 0 aliphatic carbocycles. The quantitative estimate of drug-likeness (QED) is 0.410. The van der Waals surface area contributed by atoms with E-state index in [9.17, 15) is 8.42 Å². The van der Waals surface area contributed by atoms with Gasteiger partial charge >= 0.3 is 0 Å². The van der Waals surface area contributed by atoms with Crippen molar-refractivity contribution < 1.29 is 17.9 Å². The molecular weight excluding hydrogens is 550 g/mol. The molecule has 0 atom stereocenters. The van der Waals surface area contributed by atoms with E-state index in [4.69, 9.17) is 26.1 Å². The number of hydrogen-bond acceptors (Lipinski definition) is 7. The predicted octanol–water partition coefficient (Wildman–Crippen LogP) is 4.68. The van der Waals surface area contributed by atoms with Gasteiger partial charge in [-0.05, 0) is 35.9 Å². The molecule has 4 rings (SSSR count). The maximum Gasteiger partial charge on any atom is 0.244 e. The minimum atomic E-state index is -3.65. The van der Waals surface area contributed by atoms with Gasteiger partial charge < -0.3 is 14.4 Å². The van der Waals surface area contributed by atoms with Gasteiger partial charge in [-0.1, -0.05) is 27.5 Å². The first-order valence-electron chi connectivity index (χ1n) is 10.2. The van der Waals surface area contributed by atoms with E-state index >= 15 is 0 Å². The van der Waals surface area contributed by atoms with E-state index < -0.39 is 10.0 Å². The molecule has 7 nitrogen and oxygen atoms in total. The molecule has 0 unspecified atom stereocenters. The van der Waals surface area contributed by atoms with E-state index in [1.807, 2.05) is 23.6 Å². The summed E-state index contributed by atoms with van der Waals surface area (Å²) in [5.41, 5.74) is 1.99. The van der Waals surface area contributed by atoms with Crippen molar-refractivity contribution in [3.63, 3.8) is 0 Å². The monoisotopic (exact) mass is 571 g/mol. The first-order chi connectivity index (χ1) is 15.8. The van der Waals surface area contributed by atoms with Crippen molar-refractivity contribution in [1.29, 1.82) is 0 Å². The smallest absolute Gasteiger partial charge is 0.244 e. The lowest BCUT2D eigenvalue weighted by atomic mass is 10.1. The second kappa shape index (κ2) is 10.2. The van der Waals surface area contributed by atoms with E-state index in [1.165, 1.54) is 10.4 Å². The van der Waals surface area contributed by atoms with Crippen molar-refractivity contribution in [2.24, 2.45) is 0 Å². The van der Waals surface area contributed by atoms with Crippen molar-refractivity contribution >= 4 is 54.0 Å². The molecule has 1 fully saturated rings. The van der Waals surface area contributed by atoms with Gasteiger partial charge in [-0.3, -0.25) is 0 Å². The molecule has 0 saturated carbocycles. The maximum absolute atomic E-state index is 13.0. The van der Waals surface area contributed by atoms with Crippen LogP contribution in [-0.2, 0) is 16.4 Å². The molecule has 0 N–H and O–H groups in total. The summed E-state index contributed by atoms with van der Waals surface area (Å²) in [6.07, 6.45) is 0.653. The fraction of sp³-hybridized carbons (Fsp3) is 0.318. The van der Waals surface area contributed by atoms with E-state index in [2.05, 4.69) is 20.8 Å². The van der Waals surface area contributed by atoms with Gasteiger partial charge in [0.1, 0.15) is 16.4 Å². The number of hydrogen-bond donors (Lipinski definition) is 0. The van der Waals surface area contributed by atoms with Crippen molar-refractivity contribution in [2.75, 3.05) is 45.3 Å². The van der Waals surface area contributed by atoms with Crippen LogP contribution in [0.4, 0.5) is 5.13 Å². The van der Waals surface area contributed by atoms with Crippen molar-refractivity contribution in [1.82, 2.24) is 9.29 Å². The Morgan fingerprint density at radius 2 is 1.73 bits per heavy atom. The molecule has 1 aliphatic rings. The van der Waals surface area contributed by atoms with Gasteiger partial charge in [0.05, 0.1) is 24.9 Å². The Balaban J connectivity index is 1.42. The van der Waals surface area contributed by atoms with Gasteiger partial charge in [0.15, 0.2) is 5.13 Å². The van der Waals surface area contributed by atoms with Crippen LogP contribution in [0.5, 0.6) is 11.5 Å². The number of halogens is 2. The number of thiazole rings is 1. The highest BCUT2D eigenvalue weighted by molar-refractivity contribution is 9.10. The molecule has 33 heavy (non-hydrogen) atoms. The fourth-order valence-corrected chi connectivity index (χ4v) is 6.96. The van der Waals surface area contributed by atoms with Gasteiger partial charge in [-0.25, -0.2) is 13.4 Å². The minimum Gasteiger partial charge on any atom is -0.497 e. The molecule has 11 heteroatoms. The molecule has 1 saturated heterocycles. The third kappa shape index (κ3) is 5.46. The molecule has 0 spiro atoms. The van der Waals surface area contributed by atoms with Gasteiger partial charge in [0, 0.05) is 48.5 Å². The molecule has 0 radical (unpaired) electrons. The van der Waals surface area contributed by atoms with Crippen molar-refractivity contribution in [3.05, 3.63) is 62.5 Å². The third-order valence-electron chi connectivity index (χ3n) is 5.36. The van der Waals surface area contributed by atoms with Crippen LogP contribution >= 0.6 is 38.9 Å². The number of piperazine rings is 1. The van der Waals surface area contributed by atoms with Crippen LogP contribution in [0.1, 0.15) is 11.3 Å². The van der Waals surface area contributed by atoms with Gasteiger partial charge in [-0.2, -0.15) is 4.31 Å². The molecule has 1 aliphatic heterocycles. The van der Waals surface area contributed by atoms with E-state index in [0.717, 1.165) is 32.4 Å². The summed E-state index contributed by atoms with van der Waals surface area (Å²) >= 11 is 11.1. The van der Waals surface area contributed by atoms with Crippen LogP contribution in [-0.4, -0.2) is 58.1 Å². The summed E-state index contributed by atoms with van der Waals surface area (Å²) in [5, 5.41) is 3.13. The lowest BCUT2D eigenvalue weighted by Gasteiger charge is -2.34. The summed E-state index contributed by atoms with van der Waals surface area (Å²) in [4.78, 5) is 7.03. The number of methoxy groups -OCH3 is 2. The first kappa shape index (κ1) is 24.3. The summed E-state index contributed by atoms with van der Waals surface area (Å²) < 4.78 is 39.0. The average molecular weight is 573 g/mol. The molecular formula is C22H23BrClN3O4S2. The Morgan fingerprint density at radius 1 is 1.06 bits per heavy atom. The van der Waals surface area contributed by atoms with Crippen molar-refractivity contribution in [3.8, 4) is 11.5 Å². The Morgan fingerprint density at radius 3 is 2.33 bits per heavy atom. The van der Waals surface area contributed by atoms with Crippen LogP contribution in [0.2, 0.25) is 5.02 Å². The summed E-state index contributed by atoms with van der Waals surface area (Å²) in [7, 11) is -0.393. The molecule has 2 heterocycles. The molecule has 1 aromatic heterocycles. The zero-order chi connectivity index (χ0) is 23.6. The molecule has 3 aromatic rings. The second-order valence-corrected chi connectivity index (χ2v) is 11.6. The molecule has 176 valence electrons. The topological polar surface area (TPSA) is 72.0 Å². The first-order valence-corrected chi connectivity index (χ1v) is 13.7. The fourth-order valence-electron chi connectivity index (χ4n) is 3.64. The number of sulfonamides is 1. The zero-order valence-electron chi connectivity index (χ0n) is 18.1. The summed E-state index contributed by atoms with van der Waals surface area (Å²) in [5.74, 6) is 1.48. The lowest BCUT2D eigenvalue weighted by molar-refractivity contribution is 0.384. The van der Waals surface area contributed by atoms with Crippen LogP contribution in [0.3, 0.4) is 0 Å². The maximum atomic E-state index is 13.0. The second-order valence-electron chi connectivity index (χ2n) is 7.48. The normalized spacial score (nSPS) is 15.0. The number of anilines is 1. The van der Waals surface area contributed by atoms with E-state index in [0.29, 0.717) is 32.6 Å². The van der Waals surface area contributed by atoms with Crippen LogP contribution in [0.25, 0.3) is 0 Å². The number of aromatic nitrogens is 1. The number of ether oxygens (including phenoxy) is 2. The SMILES string of the molecule is COc1cc(Cc2csc(N3CCN(S(=O)(=O)c4ccc(Br)cc4Cl)CC3)n2)cc(OC)c1. The lowest BCUT2D eigenvalue weighted by Crippen LogP contribution is -2.48. The highest BCUT2D eigenvalue weighted by Crippen LogP contribution is 2.30. The minimum absolute atomic E-state index is 0.131. The standard InChI is InChI=1S/C22H23BrClN3O4S2/c1-30-18-10-15(11-19(13-18)31-2)9-17-14-32-22(25-17)26-5-7-27(8-6-26)33(28,29)21-4-3-16(23)12-20(21)24/h3-4,10-14H,5-9H2,1-2H3. The number of benzene rings is 2. The molecule has 0 bridgehead atoms. The zero-order valence-corrected chi connectivity index (χ0v) is 22.1. The van der Waals surface area contributed by atoms with Crippen LogP contribution in [0.15, 0.2) is 51.1 Å². The highest BCUT2D eigenvalue weighted by atomic mass is 79.9. The Bertz CT molecular complexity index is 1220. The predicted molar refractivity (Wildman–Crippen MR) is 135 cm³/mol. The molecule has 0 amide bonds. The average Bonchev–Trinajstić information content (AvgIpc) is 3.27. The third-order valence-corrected chi connectivity index (χ3v) is 9.18. The Kier molecular flexibility index (Phi) is 7.49. The number of nitrogens with zero attached hydrogens (tertiary/aromatic N) is 3. The van der Waals surface area contributed by atoms with Crippen LogP contribution in [0, 0.1) is 0 Å². The highest BCUT2D eigenvalue weighted by Gasteiger charge is 2.31. The largest absolute Gasteiger partial charge is 0.497 e. The van der Waals surface area contributed by atoms with E-state index in [1.54, 1.807) is 37.7 Å². The van der Waals surface area contributed by atoms with Gasteiger partial charge in [0.25, 0.3) is 0 Å². The summed E-state index contributed by atoms with van der Waals surface area (Å²) in [6.45, 7) is 1.87. The Labute approximate surface area is 211 Å². The molecule has 2 aromatic carbocycles. The van der Waals surface area contributed by atoms with Gasteiger partial charge in [-0.15, -0.1) is 11.3 Å². The van der Waals surface area contributed by atoms with Crippen LogP contribution < -0.4 is 14.4 Å². The van der Waals surface area contributed by atoms with Gasteiger partial charge in [0.2, 0.25) is 10.0 Å². The summed E-state index contributed by atoms with van der Waals surface area (Å²) in [6, 6.07) is 10.6. The Hall–Kier alpha value is -1.85. The number of rotatable bonds is 7. The van der Waals surface area contributed by atoms with E-state index in [-0.39, 0.29) is 9.92 Å². The van der Waals surface area contributed by atoms with Crippen molar-refractivity contribution in [2.45, 2.75) is 11.3 Å².